The van der Waals surface area contributed by atoms with Gasteiger partial charge in [-0.15, -0.1) is 6.58 Å². The summed E-state index contributed by atoms with van der Waals surface area (Å²) in [7, 11) is 0. The Kier molecular flexibility index (Phi) is 21.3. The van der Waals surface area contributed by atoms with Gasteiger partial charge in [-0.3, -0.25) is 0 Å². The average Bonchev–Trinajstić information content (AvgIpc) is 2.20. The first-order valence-corrected chi connectivity index (χ1v) is 6.14. The summed E-state index contributed by atoms with van der Waals surface area (Å²) in [6.45, 7) is 12.3. The number of allylic oxidation sites excluding steroid dienone is 1. The maximum absolute atomic E-state index is 3.68. The van der Waals surface area contributed by atoms with Crippen molar-refractivity contribution in [2.24, 2.45) is 0 Å². The first-order chi connectivity index (χ1) is 6.83. The van der Waals surface area contributed by atoms with Gasteiger partial charge < -0.3 is 5.32 Å². The SMILES string of the molecule is C=CCCCCCCC.CCNCC. The van der Waals surface area contributed by atoms with E-state index in [4.69, 9.17) is 0 Å². The van der Waals surface area contributed by atoms with Crippen molar-refractivity contribution >= 4 is 0 Å². The lowest BCUT2D eigenvalue weighted by atomic mass is 10.1. The van der Waals surface area contributed by atoms with Crippen LogP contribution in [0.2, 0.25) is 0 Å². The molecule has 0 saturated heterocycles. The summed E-state index contributed by atoms with van der Waals surface area (Å²) in [5.41, 5.74) is 0. The normalized spacial score (nSPS) is 9.07. The van der Waals surface area contributed by atoms with Crippen LogP contribution in [0.25, 0.3) is 0 Å². The fourth-order valence-corrected chi connectivity index (χ4v) is 1.14. The van der Waals surface area contributed by atoms with Gasteiger partial charge in [-0.05, 0) is 25.9 Å². The second kappa shape index (κ2) is 18.5. The van der Waals surface area contributed by atoms with E-state index in [1.807, 2.05) is 6.08 Å². The molecule has 1 nitrogen and oxygen atoms in total. The predicted octanol–water partition coefficient (Wildman–Crippen LogP) is 4.15. The van der Waals surface area contributed by atoms with Crippen molar-refractivity contribution in [3.05, 3.63) is 12.7 Å². The van der Waals surface area contributed by atoms with Crippen molar-refractivity contribution in [1.29, 1.82) is 0 Å². The molecule has 14 heavy (non-hydrogen) atoms. The summed E-state index contributed by atoms with van der Waals surface area (Å²) in [6, 6.07) is 0. The monoisotopic (exact) mass is 199 g/mol. The van der Waals surface area contributed by atoms with Gasteiger partial charge in [0.1, 0.15) is 0 Å². The van der Waals surface area contributed by atoms with Crippen molar-refractivity contribution in [2.75, 3.05) is 13.1 Å². The molecule has 0 amide bonds. The summed E-state index contributed by atoms with van der Waals surface area (Å²) in [4.78, 5) is 0. The van der Waals surface area contributed by atoms with Gasteiger partial charge in [0, 0.05) is 0 Å². The molecule has 86 valence electrons. The second-order valence-corrected chi connectivity index (χ2v) is 3.45. The summed E-state index contributed by atoms with van der Waals surface area (Å²) < 4.78 is 0. The molecular weight excluding hydrogens is 170 g/mol. The van der Waals surface area contributed by atoms with Crippen molar-refractivity contribution in [3.63, 3.8) is 0 Å². The molecule has 0 radical (unpaired) electrons. The zero-order valence-electron chi connectivity index (χ0n) is 10.4. The summed E-state index contributed by atoms with van der Waals surface area (Å²) in [6.07, 6.45) is 10.1. The van der Waals surface area contributed by atoms with E-state index in [0.29, 0.717) is 0 Å². The Morgan fingerprint density at radius 3 is 1.86 bits per heavy atom. The quantitative estimate of drug-likeness (QED) is 0.457. The maximum Gasteiger partial charge on any atom is -0.00775 e. The molecular formula is C13H29N. The highest BCUT2D eigenvalue weighted by Gasteiger charge is 1.84. The third kappa shape index (κ3) is 22.6. The molecule has 0 aliphatic heterocycles. The minimum Gasteiger partial charge on any atom is -0.317 e. The largest absolute Gasteiger partial charge is 0.317 e. The molecule has 0 aromatic heterocycles. The number of rotatable bonds is 8. The van der Waals surface area contributed by atoms with Crippen LogP contribution < -0.4 is 5.32 Å². The Labute approximate surface area is 91.0 Å². The molecule has 0 atom stereocenters. The molecule has 0 spiro atoms. The van der Waals surface area contributed by atoms with Crippen LogP contribution in [-0.2, 0) is 0 Å². The van der Waals surface area contributed by atoms with E-state index in [1.165, 1.54) is 38.5 Å². The van der Waals surface area contributed by atoms with Gasteiger partial charge in [0.15, 0.2) is 0 Å². The zero-order valence-corrected chi connectivity index (χ0v) is 10.4. The van der Waals surface area contributed by atoms with Gasteiger partial charge in [0.05, 0.1) is 0 Å². The van der Waals surface area contributed by atoms with E-state index >= 15 is 0 Å². The summed E-state index contributed by atoms with van der Waals surface area (Å²) >= 11 is 0. The molecule has 0 fully saturated rings. The van der Waals surface area contributed by atoms with Gasteiger partial charge in [-0.1, -0.05) is 52.5 Å². The van der Waals surface area contributed by atoms with Gasteiger partial charge in [-0.25, -0.2) is 0 Å². The van der Waals surface area contributed by atoms with Crippen LogP contribution in [0.3, 0.4) is 0 Å². The van der Waals surface area contributed by atoms with Gasteiger partial charge in [0.2, 0.25) is 0 Å². The topological polar surface area (TPSA) is 12.0 Å². The highest BCUT2D eigenvalue weighted by Crippen LogP contribution is 2.04. The van der Waals surface area contributed by atoms with E-state index in [9.17, 15) is 0 Å². The van der Waals surface area contributed by atoms with Crippen LogP contribution in [0.1, 0.15) is 59.3 Å². The van der Waals surface area contributed by atoms with Crippen LogP contribution in [-0.4, -0.2) is 13.1 Å². The molecule has 0 heterocycles. The summed E-state index contributed by atoms with van der Waals surface area (Å²) in [5.74, 6) is 0. The highest BCUT2D eigenvalue weighted by molar-refractivity contribution is 4.65. The molecule has 0 saturated carbocycles. The zero-order chi connectivity index (χ0) is 11.1. The third-order valence-corrected chi connectivity index (χ3v) is 2.01. The molecule has 0 bridgehead atoms. The predicted molar refractivity (Wildman–Crippen MR) is 67.8 cm³/mol. The van der Waals surface area contributed by atoms with Crippen molar-refractivity contribution < 1.29 is 0 Å². The van der Waals surface area contributed by atoms with Crippen molar-refractivity contribution in [3.8, 4) is 0 Å². The Bertz CT molecular complexity index is 87.2. The molecule has 0 aromatic carbocycles. The average molecular weight is 199 g/mol. The Morgan fingerprint density at radius 2 is 1.50 bits per heavy atom. The fraction of sp³-hybridized carbons (Fsp3) is 0.846. The smallest absolute Gasteiger partial charge is 0.00775 e. The van der Waals surface area contributed by atoms with Crippen LogP contribution in [0.4, 0.5) is 0 Å². The molecule has 0 rings (SSSR count). The van der Waals surface area contributed by atoms with Gasteiger partial charge in [0.25, 0.3) is 0 Å². The van der Waals surface area contributed by atoms with Gasteiger partial charge >= 0.3 is 0 Å². The molecule has 1 N–H and O–H groups in total. The van der Waals surface area contributed by atoms with Crippen LogP contribution in [0, 0.1) is 0 Å². The maximum atomic E-state index is 3.68. The number of nitrogens with one attached hydrogen (secondary N) is 1. The van der Waals surface area contributed by atoms with Crippen LogP contribution >= 0.6 is 0 Å². The molecule has 1 heteroatoms. The van der Waals surface area contributed by atoms with E-state index in [-0.39, 0.29) is 0 Å². The highest BCUT2D eigenvalue weighted by atomic mass is 14.8. The van der Waals surface area contributed by atoms with E-state index in [1.54, 1.807) is 0 Å². The lowest BCUT2D eigenvalue weighted by Crippen LogP contribution is -2.09. The molecule has 0 aliphatic carbocycles. The van der Waals surface area contributed by atoms with E-state index in [2.05, 4.69) is 32.7 Å². The molecule has 0 aliphatic rings. The van der Waals surface area contributed by atoms with Crippen LogP contribution in [0.15, 0.2) is 12.7 Å². The number of unbranched alkanes of at least 4 members (excludes halogenated alkanes) is 5. The summed E-state index contributed by atoms with van der Waals surface area (Å²) in [5, 5.41) is 3.11. The van der Waals surface area contributed by atoms with E-state index < -0.39 is 0 Å². The Balaban J connectivity index is 0. The van der Waals surface area contributed by atoms with Crippen molar-refractivity contribution in [2.45, 2.75) is 59.3 Å². The minimum absolute atomic E-state index is 1.09. The standard InChI is InChI=1S/C9H18.C4H11N/c1-3-5-7-9-8-6-4-2;1-3-5-4-2/h3H,1,4-9H2,2H3;5H,3-4H2,1-2H3. The molecule has 0 aromatic rings. The lowest BCUT2D eigenvalue weighted by Gasteiger charge is -1.94. The fourth-order valence-electron chi connectivity index (χ4n) is 1.14. The first-order valence-electron chi connectivity index (χ1n) is 6.14. The Morgan fingerprint density at radius 1 is 0.929 bits per heavy atom. The number of hydrogen-bond donors (Lipinski definition) is 1. The lowest BCUT2D eigenvalue weighted by molar-refractivity contribution is 0.638. The third-order valence-electron chi connectivity index (χ3n) is 2.01. The molecule has 0 unspecified atom stereocenters. The minimum atomic E-state index is 1.09. The Hall–Kier alpha value is -0.300. The first kappa shape index (κ1) is 16.1. The van der Waals surface area contributed by atoms with Crippen molar-refractivity contribution in [1.82, 2.24) is 5.32 Å². The van der Waals surface area contributed by atoms with Gasteiger partial charge in [-0.2, -0.15) is 0 Å². The van der Waals surface area contributed by atoms with E-state index in [0.717, 1.165) is 13.1 Å². The number of hydrogen-bond acceptors (Lipinski definition) is 1. The van der Waals surface area contributed by atoms with Crippen LogP contribution in [0.5, 0.6) is 0 Å². The second-order valence-electron chi connectivity index (χ2n) is 3.45.